The fourth-order valence-electron chi connectivity index (χ4n) is 4.43. The monoisotopic (exact) mass is 475 g/mol. The lowest BCUT2D eigenvalue weighted by Crippen LogP contribution is -2.21. The summed E-state index contributed by atoms with van der Waals surface area (Å²) in [6.07, 6.45) is 3.15. The van der Waals surface area contributed by atoms with Gasteiger partial charge in [-0.15, -0.1) is 0 Å². The molecule has 3 aromatic rings. The number of hydrogen-bond acceptors (Lipinski definition) is 4. The molecule has 7 heteroatoms. The molecule has 1 aliphatic rings. The Balaban J connectivity index is 1.77. The molecule has 1 atom stereocenters. The van der Waals surface area contributed by atoms with Crippen LogP contribution in [0.2, 0.25) is 0 Å². The molecule has 30 heavy (non-hydrogen) atoms. The number of anilines is 1. The van der Waals surface area contributed by atoms with Gasteiger partial charge >= 0.3 is 0 Å². The maximum Gasteiger partial charge on any atom is 0.296 e. The fraction of sp³-hybridized carbons (Fsp3) is 0.391. The Labute approximate surface area is 182 Å². The van der Waals surface area contributed by atoms with E-state index in [4.69, 9.17) is 10.1 Å². The second-order valence-electron chi connectivity index (χ2n) is 7.93. The highest BCUT2D eigenvalue weighted by Crippen LogP contribution is 2.38. The molecular weight excluding hydrogens is 452 g/mol. The van der Waals surface area contributed by atoms with Crippen molar-refractivity contribution >= 4 is 32.7 Å². The number of nitrogens with one attached hydrogen (secondary N) is 1. The third kappa shape index (κ3) is 3.58. The van der Waals surface area contributed by atoms with E-state index >= 15 is 0 Å². The molecule has 0 saturated carbocycles. The summed E-state index contributed by atoms with van der Waals surface area (Å²) in [4.78, 5) is 9.32. The van der Waals surface area contributed by atoms with Crippen LogP contribution in [0.25, 0.3) is 10.9 Å². The van der Waals surface area contributed by atoms with E-state index in [0.29, 0.717) is 17.2 Å². The molecule has 0 spiro atoms. The molecule has 1 aromatic heterocycles. The molecule has 0 amide bonds. The third-order valence-electron chi connectivity index (χ3n) is 5.91. The van der Waals surface area contributed by atoms with Crippen molar-refractivity contribution in [3.63, 3.8) is 0 Å². The summed E-state index contributed by atoms with van der Waals surface area (Å²) in [5.74, 6) is -1.91. The molecule has 0 aliphatic heterocycles. The standard InChI is InChI=1S/C23H24BrF2N3O/c1-12-15(6-5-9-19(12)23(25,26)11-30)13(2)27-22-18-10-20(24)16-7-4-8-17(16)21(18)28-14(3)29-22/h5-6,9-10,13,30H,4,7-8,11H2,1-3H3,(H,27,28,29)/t13-/m1/s1. The number of benzene rings is 2. The van der Waals surface area contributed by atoms with Gasteiger partial charge in [0.1, 0.15) is 18.2 Å². The highest BCUT2D eigenvalue weighted by Gasteiger charge is 2.33. The van der Waals surface area contributed by atoms with Gasteiger partial charge in [0.15, 0.2) is 0 Å². The minimum atomic E-state index is -3.27. The molecular formula is C23H24BrF2N3O. The molecule has 0 fully saturated rings. The number of alkyl halides is 2. The minimum absolute atomic E-state index is 0.152. The van der Waals surface area contributed by atoms with Gasteiger partial charge < -0.3 is 10.4 Å². The normalized spacial score (nSPS) is 14.8. The highest BCUT2D eigenvalue weighted by molar-refractivity contribution is 9.10. The van der Waals surface area contributed by atoms with Crippen LogP contribution < -0.4 is 5.32 Å². The average Bonchev–Trinajstić information content (AvgIpc) is 3.20. The van der Waals surface area contributed by atoms with Crippen LogP contribution in [0.5, 0.6) is 0 Å². The van der Waals surface area contributed by atoms with Gasteiger partial charge in [0.05, 0.1) is 11.6 Å². The van der Waals surface area contributed by atoms with Crippen LogP contribution in [0.1, 0.15) is 53.0 Å². The molecule has 0 unspecified atom stereocenters. The van der Waals surface area contributed by atoms with E-state index in [-0.39, 0.29) is 11.6 Å². The zero-order valence-electron chi connectivity index (χ0n) is 17.2. The number of aryl methyl sites for hydroxylation is 2. The van der Waals surface area contributed by atoms with Crippen LogP contribution in [0.15, 0.2) is 28.7 Å². The first-order chi connectivity index (χ1) is 14.2. The first-order valence-corrected chi connectivity index (χ1v) is 10.9. The lowest BCUT2D eigenvalue weighted by atomic mass is 9.94. The third-order valence-corrected chi connectivity index (χ3v) is 6.62. The first kappa shape index (κ1) is 21.1. The highest BCUT2D eigenvalue weighted by atomic mass is 79.9. The van der Waals surface area contributed by atoms with Crippen molar-refractivity contribution in [3.05, 3.63) is 62.4 Å². The smallest absolute Gasteiger partial charge is 0.296 e. The lowest BCUT2D eigenvalue weighted by Gasteiger charge is -2.23. The SMILES string of the molecule is Cc1nc(N[C@H](C)c2cccc(C(F)(F)CO)c2C)c2cc(Br)c3c(c2n1)CCC3. The lowest BCUT2D eigenvalue weighted by molar-refractivity contribution is -0.0561. The summed E-state index contributed by atoms with van der Waals surface area (Å²) >= 11 is 3.69. The van der Waals surface area contributed by atoms with Crippen molar-refractivity contribution in [2.75, 3.05) is 11.9 Å². The van der Waals surface area contributed by atoms with Crippen molar-refractivity contribution in [3.8, 4) is 0 Å². The number of hydrogen-bond donors (Lipinski definition) is 2. The topological polar surface area (TPSA) is 58.0 Å². The Morgan fingerprint density at radius 1 is 1.20 bits per heavy atom. The van der Waals surface area contributed by atoms with Crippen LogP contribution >= 0.6 is 15.9 Å². The molecule has 1 heterocycles. The van der Waals surface area contributed by atoms with Gasteiger partial charge in [-0.3, -0.25) is 0 Å². The Hall–Kier alpha value is -2.12. The molecule has 0 bridgehead atoms. The molecule has 2 aromatic carbocycles. The predicted octanol–water partition coefficient (Wildman–Crippen LogP) is 5.76. The van der Waals surface area contributed by atoms with Crippen molar-refractivity contribution in [2.45, 2.75) is 52.0 Å². The maximum atomic E-state index is 14.2. The number of fused-ring (bicyclic) bond motifs is 3. The summed E-state index contributed by atoms with van der Waals surface area (Å²) in [7, 11) is 0. The Morgan fingerprint density at radius 3 is 2.67 bits per heavy atom. The van der Waals surface area contributed by atoms with Crippen LogP contribution in [0, 0.1) is 13.8 Å². The van der Waals surface area contributed by atoms with Gasteiger partial charge in [0.25, 0.3) is 5.92 Å². The number of aliphatic hydroxyl groups is 1. The fourth-order valence-corrected chi connectivity index (χ4v) is 5.09. The second-order valence-corrected chi connectivity index (χ2v) is 8.79. The quantitative estimate of drug-likeness (QED) is 0.492. The summed E-state index contributed by atoms with van der Waals surface area (Å²) in [6, 6.07) is 6.59. The first-order valence-electron chi connectivity index (χ1n) is 10.1. The number of halogens is 3. The zero-order chi connectivity index (χ0) is 21.6. The van der Waals surface area contributed by atoms with E-state index in [1.807, 2.05) is 19.9 Å². The van der Waals surface area contributed by atoms with Crippen LogP contribution in [-0.2, 0) is 18.8 Å². The summed E-state index contributed by atoms with van der Waals surface area (Å²) in [5, 5.41) is 13.4. The van der Waals surface area contributed by atoms with E-state index < -0.39 is 12.5 Å². The molecule has 4 nitrogen and oxygen atoms in total. The van der Waals surface area contributed by atoms with Gasteiger partial charge in [-0.2, -0.15) is 8.78 Å². The van der Waals surface area contributed by atoms with E-state index in [9.17, 15) is 8.78 Å². The molecule has 158 valence electrons. The van der Waals surface area contributed by atoms with E-state index in [0.717, 1.165) is 40.2 Å². The van der Waals surface area contributed by atoms with Gasteiger partial charge in [-0.1, -0.05) is 34.1 Å². The number of aliphatic hydroxyl groups excluding tert-OH is 1. The Bertz CT molecular complexity index is 1130. The summed E-state index contributed by atoms with van der Waals surface area (Å²) in [5.41, 5.74) is 4.60. The van der Waals surface area contributed by atoms with E-state index in [1.54, 1.807) is 13.0 Å². The number of nitrogens with zero attached hydrogens (tertiary/aromatic N) is 2. The van der Waals surface area contributed by atoms with E-state index in [2.05, 4.69) is 32.3 Å². The molecule has 1 aliphatic carbocycles. The van der Waals surface area contributed by atoms with Crippen molar-refractivity contribution in [1.82, 2.24) is 9.97 Å². The zero-order valence-corrected chi connectivity index (χ0v) is 18.8. The van der Waals surface area contributed by atoms with E-state index in [1.165, 1.54) is 17.2 Å². The second kappa shape index (κ2) is 7.85. The Kier molecular flexibility index (Phi) is 5.53. The largest absolute Gasteiger partial charge is 0.390 e. The van der Waals surface area contributed by atoms with Crippen molar-refractivity contribution in [2.24, 2.45) is 0 Å². The molecule has 0 radical (unpaired) electrons. The van der Waals surface area contributed by atoms with Crippen molar-refractivity contribution < 1.29 is 13.9 Å². The van der Waals surface area contributed by atoms with Crippen LogP contribution in [0.3, 0.4) is 0 Å². The summed E-state index contributed by atoms with van der Waals surface area (Å²) < 4.78 is 29.4. The molecule has 4 rings (SSSR count). The number of rotatable bonds is 5. The predicted molar refractivity (Wildman–Crippen MR) is 118 cm³/mol. The van der Waals surface area contributed by atoms with Gasteiger partial charge in [-0.25, -0.2) is 9.97 Å². The van der Waals surface area contributed by atoms with Gasteiger partial charge in [0.2, 0.25) is 0 Å². The van der Waals surface area contributed by atoms with Gasteiger partial charge in [0, 0.05) is 15.4 Å². The Morgan fingerprint density at radius 2 is 1.93 bits per heavy atom. The summed E-state index contributed by atoms with van der Waals surface area (Å²) in [6.45, 7) is 4.24. The van der Waals surface area contributed by atoms with Crippen LogP contribution in [0.4, 0.5) is 14.6 Å². The average molecular weight is 476 g/mol. The molecule has 0 saturated heterocycles. The number of aromatic nitrogens is 2. The minimum Gasteiger partial charge on any atom is -0.390 e. The van der Waals surface area contributed by atoms with Crippen LogP contribution in [-0.4, -0.2) is 21.7 Å². The van der Waals surface area contributed by atoms with Crippen molar-refractivity contribution in [1.29, 1.82) is 0 Å². The molecule has 2 N–H and O–H groups in total. The van der Waals surface area contributed by atoms with Gasteiger partial charge in [-0.05, 0) is 68.4 Å². The maximum absolute atomic E-state index is 14.2.